The van der Waals surface area contributed by atoms with Gasteiger partial charge in [0.05, 0.1) is 33.0 Å². The molecule has 0 atom stereocenters. The molecule has 5 rings (SSSR count). The first-order chi connectivity index (χ1) is 27.0. The van der Waals surface area contributed by atoms with Gasteiger partial charge in [0.1, 0.15) is 31.3 Å². The summed E-state index contributed by atoms with van der Waals surface area (Å²) in [5, 5.41) is 2.26. The molecule has 7 nitrogen and oxygen atoms in total. The Morgan fingerprint density at radius 2 is 1.22 bits per heavy atom. The van der Waals surface area contributed by atoms with Crippen molar-refractivity contribution in [3.05, 3.63) is 149 Å². The molecule has 0 aromatic heterocycles. The van der Waals surface area contributed by atoms with E-state index in [1.807, 2.05) is 86.6 Å². The van der Waals surface area contributed by atoms with Crippen LogP contribution in [-0.2, 0) is 30.3 Å². The molecule has 0 radical (unpaired) electrons. The Hall–Kier alpha value is -5.48. The maximum absolute atomic E-state index is 11.2. The van der Waals surface area contributed by atoms with Crippen LogP contribution in [0.25, 0.3) is 10.8 Å². The number of benzene rings is 5. The van der Waals surface area contributed by atoms with Crippen molar-refractivity contribution >= 4 is 28.5 Å². The van der Waals surface area contributed by atoms with Crippen LogP contribution >= 0.6 is 11.8 Å². The molecule has 0 unspecified atom stereocenters. The number of rotatable bonds is 19. The van der Waals surface area contributed by atoms with Crippen molar-refractivity contribution in [2.24, 2.45) is 0 Å². The molecular formula is C47H46O7S. The highest BCUT2D eigenvalue weighted by Gasteiger charge is 2.04. The Morgan fingerprint density at radius 1 is 0.636 bits per heavy atom. The van der Waals surface area contributed by atoms with Crippen molar-refractivity contribution in [2.75, 3.05) is 58.6 Å². The molecular weight excluding hydrogens is 709 g/mol. The van der Waals surface area contributed by atoms with Crippen LogP contribution in [-0.4, -0.2) is 64.6 Å². The van der Waals surface area contributed by atoms with E-state index in [1.165, 1.54) is 6.08 Å². The van der Waals surface area contributed by atoms with E-state index in [2.05, 4.69) is 60.6 Å². The summed E-state index contributed by atoms with van der Waals surface area (Å²) < 4.78 is 33.2. The van der Waals surface area contributed by atoms with E-state index in [4.69, 9.17) is 28.4 Å². The highest BCUT2D eigenvalue weighted by atomic mass is 32.2. The van der Waals surface area contributed by atoms with Gasteiger partial charge in [-0.2, -0.15) is 0 Å². The zero-order valence-corrected chi connectivity index (χ0v) is 32.3. The van der Waals surface area contributed by atoms with Gasteiger partial charge in [0.2, 0.25) is 0 Å². The lowest BCUT2D eigenvalue weighted by Gasteiger charge is -2.10. The summed E-state index contributed by atoms with van der Waals surface area (Å²) in [6.07, 6.45) is 1.17. The Morgan fingerprint density at radius 3 is 1.91 bits per heavy atom. The third-order valence-corrected chi connectivity index (χ3v) is 9.07. The lowest BCUT2D eigenvalue weighted by molar-refractivity contribution is -0.137. The summed E-state index contributed by atoms with van der Waals surface area (Å²) in [5.74, 6) is 14.9. The van der Waals surface area contributed by atoms with Crippen molar-refractivity contribution < 1.29 is 33.2 Å². The van der Waals surface area contributed by atoms with Crippen LogP contribution in [0.3, 0.4) is 0 Å². The molecule has 0 aliphatic carbocycles. The molecule has 0 spiro atoms. The Balaban J connectivity index is 1.05. The molecule has 0 heterocycles. The molecule has 5 aromatic rings. The minimum absolute atomic E-state index is 0.346. The summed E-state index contributed by atoms with van der Waals surface area (Å²) in [6, 6.07) is 34.4. The average Bonchev–Trinajstić information content (AvgIpc) is 3.21. The molecule has 0 saturated carbocycles. The van der Waals surface area contributed by atoms with Crippen molar-refractivity contribution in [3.8, 4) is 35.2 Å². The second-order valence-electron chi connectivity index (χ2n) is 12.2. The van der Waals surface area contributed by atoms with E-state index < -0.39 is 5.97 Å². The largest absolute Gasteiger partial charge is 0.491 e. The number of aryl methyl sites for hydroxylation is 1. The smallest absolute Gasteiger partial charge is 0.330 e. The van der Waals surface area contributed by atoms with Crippen molar-refractivity contribution in [3.63, 3.8) is 0 Å². The minimum Gasteiger partial charge on any atom is -0.491 e. The number of thioether (sulfide) groups is 1. The molecule has 8 heteroatoms. The van der Waals surface area contributed by atoms with Gasteiger partial charge < -0.3 is 28.4 Å². The molecule has 0 saturated heterocycles. The maximum atomic E-state index is 11.2. The molecule has 0 aliphatic heterocycles. The summed E-state index contributed by atoms with van der Waals surface area (Å²) >= 11 is 1.62. The quantitative estimate of drug-likeness (QED) is 0.0273. The highest BCUT2D eigenvalue weighted by Crippen LogP contribution is 2.23. The average molecular weight is 755 g/mol. The molecule has 55 heavy (non-hydrogen) atoms. The normalized spacial score (nSPS) is 10.5. The number of hydrogen-bond acceptors (Lipinski definition) is 8. The van der Waals surface area contributed by atoms with Gasteiger partial charge in [-0.05, 0) is 121 Å². The molecule has 0 aliphatic rings. The summed E-state index contributed by atoms with van der Waals surface area (Å²) in [5.41, 5.74) is 5.83. The van der Waals surface area contributed by atoms with E-state index >= 15 is 0 Å². The second-order valence-corrected chi connectivity index (χ2v) is 13.4. The fraction of sp³-hybridized carbons (Fsp3) is 0.255. The fourth-order valence-corrected chi connectivity index (χ4v) is 5.96. The van der Waals surface area contributed by atoms with Crippen molar-refractivity contribution in [1.29, 1.82) is 0 Å². The third kappa shape index (κ3) is 14.4. The number of esters is 1. The lowest BCUT2D eigenvalue weighted by Crippen LogP contribution is -2.12. The Kier molecular flexibility index (Phi) is 16.8. The first kappa shape index (κ1) is 40.7. The SMILES string of the molecule is C=CC(=O)OCCSc1ccc(C#Cc2ccc3cc(COc4ccc(C#Cc5ccc(OCCOCCOCCOCC)cc5)cc4C)ccc3c2)cc1. The predicted molar refractivity (Wildman–Crippen MR) is 220 cm³/mol. The van der Waals surface area contributed by atoms with Crippen LogP contribution in [0.5, 0.6) is 11.5 Å². The summed E-state index contributed by atoms with van der Waals surface area (Å²) in [7, 11) is 0. The molecule has 282 valence electrons. The van der Waals surface area contributed by atoms with Gasteiger partial charge in [-0.1, -0.05) is 48.5 Å². The zero-order chi connectivity index (χ0) is 38.5. The zero-order valence-electron chi connectivity index (χ0n) is 31.4. The molecule has 0 bridgehead atoms. The van der Waals surface area contributed by atoms with Crippen LogP contribution in [0.2, 0.25) is 0 Å². The van der Waals surface area contributed by atoms with E-state index in [1.54, 1.807) is 11.8 Å². The van der Waals surface area contributed by atoms with Crippen molar-refractivity contribution in [1.82, 2.24) is 0 Å². The van der Waals surface area contributed by atoms with Gasteiger partial charge in [0.15, 0.2) is 0 Å². The molecule has 0 N–H and O–H groups in total. The van der Waals surface area contributed by atoms with Gasteiger partial charge in [0.25, 0.3) is 0 Å². The van der Waals surface area contributed by atoms with Crippen LogP contribution in [0.1, 0.15) is 40.3 Å². The van der Waals surface area contributed by atoms with E-state index in [0.717, 1.165) is 60.5 Å². The first-order valence-corrected chi connectivity index (χ1v) is 19.3. The molecule has 5 aromatic carbocycles. The third-order valence-electron chi connectivity index (χ3n) is 8.09. The topological polar surface area (TPSA) is 72.5 Å². The standard InChI is InChI=1S/C47H46O7S/c1-4-47(48)53-30-31-55-45-21-14-38(15-22-45)7-9-40-10-17-43-34-41(11-18-42(43)33-40)35-54-46-23-16-39(32-36(46)3)8-6-37-12-19-44(20-13-37)52-29-28-51-27-26-50-25-24-49-5-2/h4,10-23,32-34H,1,5,24-31,35H2,2-3H3. The van der Waals surface area contributed by atoms with Crippen LogP contribution in [0, 0.1) is 30.6 Å². The minimum atomic E-state index is -0.401. The predicted octanol–water partition coefficient (Wildman–Crippen LogP) is 8.80. The van der Waals surface area contributed by atoms with Crippen molar-refractivity contribution in [2.45, 2.75) is 25.3 Å². The Bertz CT molecular complexity index is 2120. The van der Waals surface area contributed by atoms with Gasteiger partial charge in [-0.25, -0.2) is 4.79 Å². The number of carbonyl (C=O) groups is 1. The number of hydrogen-bond donors (Lipinski definition) is 0. The monoisotopic (exact) mass is 754 g/mol. The van der Waals surface area contributed by atoms with E-state index in [9.17, 15) is 4.79 Å². The Labute approximate surface area is 328 Å². The number of carbonyl (C=O) groups excluding carboxylic acids is 1. The number of ether oxygens (including phenoxy) is 6. The van der Waals surface area contributed by atoms with Gasteiger partial charge in [-0.3, -0.25) is 0 Å². The first-order valence-electron chi connectivity index (χ1n) is 18.3. The summed E-state index contributed by atoms with van der Waals surface area (Å²) in [4.78, 5) is 12.3. The second kappa shape index (κ2) is 22.7. The van der Waals surface area contributed by atoms with E-state index in [-0.39, 0.29) is 0 Å². The molecule has 0 fully saturated rings. The van der Waals surface area contributed by atoms with Crippen LogP contribution in [0.15, 0.2) is 121 Å². The van der Waals surface area contributed by atoms with Gasteiger partial charge in [-0.15, -0.1) is 11.8 Å². The number of fused-ring (bicyclic) bond motifs is 1. The van der Waals surface area contributed by atoms with Crippen LogP contribution < -0.4 is 9.47 Å². The van der Waals surface area contributed by atoms with Gasteiger partial charge >= 0.3 is 5.97 Å². The lowest BCUT2D eigenvalue weighted by atomic mass is 10.0. The van der Waals surface area contributed by atoms with E-state index in [0.29, 0.717) is 65.2 Å². The maximum Gasteiger partial charge on any atom is 0.330 e. The summed E-state index contributed by atoms with van der Waals surface area (Å²) in [6.45, 7) is 12.1. The molecule has 0 amide bonds. The highest BCUT2D eigenvalue weighted by molar-refractivity contribution is 7.99. The fourth-order valence-electron chi connectivity index (χ4n) is 5.23. The van der Waals surface area contributed by atoms with Gasteiger partial charge in [0, 0.05) is 45.6 Å². The van der Waals surface area contributed by atoms with Crippen LogP contribution in [0.4, 0.5) is 0 Å².